The van der Waals surface area contributed by atoms with Crippen molar-refractivity contribution in [2.45, 2.75) is 57.0 Å². The Kier molecular flexibility index (Phi) is 6.09. The Hall–Kier alpha value is -3.07. The number of carbonyl (C=O) groups is 1. The van der Waals surface area contributed by atoms with Crippen molar-refractivity contribution < 1.29 is 32.5 Å². The molecule has 1 heterocycles. The van der Waals surface area contributed by atoms with Crippen molar-refractivity contribution >= 4 is 17.4 Å². The molecule has 1 saturated carbocycles. The van der Waals surface area contributed by atoms with E-state index < -0.39 is 29.4 Å². The molecule has 1 aliphatic carbocycles. The number of alkyl halides is 3. The maximum Gasteiger partial charge on any atom is 0.418 e. The summed E-state index contributed by atoms with van der Waals surface area (Å²) >= 11 is 0. The minimum Gasteiger partial charge on any atom is -0.490 e. The van der Waals surface area contributed by atoms with Gasteiger partial charge in [0.15, 0.2) is 5.60 Å². The van der Waals surface area contributed by atoms with Crippen LogP contribution in [0, 0.1) is 0 Å². The number of carboxylic acid groups (broad SMARTS) is 1. The molecule has 1 N–H and O–H groups in total. The Bertz CT molecular complexity index is 1060. The van der Waals surface area contributed by atoms with Crippen molar-refractivity contribution in [3.8, 4) is 5.75 Å². The normalized spacial score (nSPS) is 18.9. The van der Waals surface area contributed by atoms with E-state index in [4.69, 9.17) is 9.47 Å². The summed E-state index contributed by atoms with van der Waals surface area (Å²) in [5, 5.41) is 15.1. The highest BCUT2D eigenvalue weighted by atomic mass is 19.4. The van der Waals surface area contributed by atoms with E-state index in [2.05, 4.69) is 5.10 Å². The number of rotatable bonds is 8. The molecule has 1 unspecified atom stereocenters. The molecule has 1 aliphatic heterocycles. The van der Waals surface area contributed by atoms with E-state index in [0.29, 0.717) is 11.5 Å². The van der Waals surface area contributed by atoms with Gasteiger partial charge in [-0.3, -0.25) is 5.01 Å². The second-order valence-corrected chi connectivity index (χ2v) is 8.74. The number of aliphatic carboxylic acids is 1. The van der Waals surface area contributed by atoms with Crippen LogP contribution < -0.4 is 9.75 Å². The third kappa shape index (κ3) is 5.30. The molecule has 6 nitrogen and oxygen atoms in total. The largest absolute Gasteiger partial charge is 0.490 e. The van der Waals surface area contributed by atoms with E-state index in [1.165, 1.54) is 37.1 Å². The maximum atomic E-state index is 13.8. The molecule has 4 rings (SSSR count). The van der Waals surface area contributed by atoms with Crippen molar-refractivity contribution in [1.29, 1.82) is 0 Å². The number of anilines is 1. The Morgan fingerprint density at radius 2 is 1.88 bits per heavy atom. The zero-order chi connectivity index (χ0) is 23.8. The molecule has 2 aliphatic rings. The summed E-state index contributed by atoms with van der Waals surface area (Å²) in [6.45, 7) is 2.72. The van der Waals surface area contributed by atoms with Gasteiger partial charge in [-0.1, -0.05) is 24.3 Å². The topological polar surface area (TPSA) is 71.4 Å². The molecule has 0 bridgehead atoms. The van der Waals surface area contributed by atoms with Gasteiger partial charge in [-0.25, -0.2) is 4.79 Å². The summed E-state index contributed by atoms with van der Waals surface area (Å²) in [4.78, 5) is 11.4. The van der Waals surface area contributed by atoms with Crippen LogP contribution in [0.1, 0.15) is 50.3 Å². The van der Waals surface area contributed by atoms with Gasteiger partial charge in [0.2, 0.25) is 0 Å². The minimum atomic E-state index is -4.56. The molecule has 0 amide bonds. The fraction of sp³-hybridized carbons (Fsp3) is 0.417. The Labute approximate surface area is 189 Å². The van der Waals surface area contributed by atoms with E-state index >= 15 is 0 Å². The molecule has 1 fully saturated rings. The summed E-state index contributed by atoms with van der Waals surface area (Å²) in [5.41, 5.74) is -1.11. The first kappa shape index (κ1) is 23.1. The fourth-order valence-corrected chi connectivity index (χ4v) is 3.55. The van der Waals surface area contributed by atoms with Crippen LogP contribution in [0.15, 0.2) is 53.6 Å². The smallest absolute Gasteiger partial charge is 0.418 e. The Balaban J connectivity index is 1.67. The van der Waals surface area contributed by atoms with Crippen molar-refractivity contribution in [2.75, 3.05) is 11.6 Å². The molecule has 0 aromatic heterocycles. The summed E-state index contributed by atoms with van der Waals surface area (Å²) in [6.07, 6.45) is -2.11. The number of carboxylic acids is 1. The third-order valence-corrected chi connectivity index (χ3v) is 5.61. The zero-order valence-corrected chi connectivity index (χ0v) is 18.3. The quantitative estimate of drug-likeness (QED) is 0.566. The van der Waals surface area contributed by atoms with Gasteiger partial charge < -0.3 is 14.6 Å². The SMILES string of the molecule is CC(C)(OCC1=NN(c2ccccc2C(F)(F)F)C(c2cccc(OC3CC3)c2)C1)C(=O)O. The Morgan fingerprint density at radius 3 is 2.55 bits per heavy atom. The zero-order valence-electron chi connectivity index (χ0n) is 18.3. The third-order valence-electron chi connectivity index (χ3n) is 5.61. The van der Waals surface area contributed by atoms with Crippen LogP contribution in [0.4, 0.5) is 18.9 Å². The first-order valence-corrected chi connectivity index (χ1v) is 10.7. The molecular formula is C24H25F3N2O4. The molecule has 176 valence electrons. The molecular weight excluding hydrogens is 437 g/mol. The van der Waals surface area contributed by atoms with E-state index in [1.54, 1.807) is 0 Å². The van der Waals surface area contributed by atoms with E-state index in [9.17, 15) is 23.1 Å². The van der Waals surface area contributed by atoms with Gasteiger partial charge in [0.05, 0.1) is 35.7 Å². The summed E-state index contributed by atoms with van der Waals surface area (Å²) in [6, 6.07) is 12.0. The van der Waals surface area contributed by atoms with Gasteiger partial charge in [-0.05, 0) is 56.5 Å². The molecule has 2 aromatic rings. The number of para-hydroxylation sites is 1. The van der Waals surface area contributed by atoms with Gasteiger partial charge in [-0.2, -0.15) is 18.3 Å². The molecule has 9 heteroatoms. The van der Waals surface area contributed by atoms with Gasteiger partial charge in [0.25, 0.3) is 0 Å². The first-order valence-electron chi connectivity index (χ1n) is 10.7. The van der Waals surface area contributed by atoms with Gasteiger partial charge in [-0.15, -0.1) is 0 Å². The lowest BCUT2D eigenvalue weighted by molar-refractivity contribution is -0.159. The average molecular weight is 462 g/mol. The number of nitrogens with zero attached hydrogens (tertiary/aromatic N) is 2. The second-order valence-electron chi connectivity index (χ2n) is 8.74. The highest BCUT2D eigenvalue weighted by Crippen LogP contribution is 2.43. The molecule has 0 radical (unpaired) electrons. The molecule has 33 heavy (non-hydrogen) atoms. The maximum absolute atomic E-state index is 13.8. The number of halogens is 3. The standard InChI is InChI=1S/C24H25F3N2O4/c1-23(2,22(30)31)32-14-16-13-21(15-6-5-7-18(12-15)33-17-10-11-17)29(28-16)20-9-4-3-8-19(20)24(25,26)27/h3-9,12,17,21H,10-11,13-14H2,1-2H3,(H,30,31). The van der Waals surface area contributed by atoms with Crippen molar-refractivity contribution in [3.05, 3.63) is 59.7 Å². The number of hydrogen-bond donors (Lipinski definition) is 1. The van der Waals surface area contributed by atoms with E-state index in [-0.39, 0.29) is 24.8 Å². The number of benzene rings is 2. The second kappa shape index (κ2) is 8.70. The van der Waals surface area contributed by atoms with Crippen LogP contribution >= 0.6 is 0 Å². The first-order chi connectivity index (χ1) is 15.5. The van der Waals surface area contributed by atoms with Crippen LogP contribution in [0.25, 0.3) is 0 Å². The number of hydrazone groups is 1. The molecule has 1 atom stereocenters. The van der Waals surface area contributed by atoms with Crippen LogP contribution in [0.2, 0.25) is 0 Å². The monoisotopic (exact) mass is 462 g/mol. The Morgan fingerprint density at radius 1 is 1.15 bits per heavy atom. The fourth-order valence-electron chi connectivity index (χ4n) is 3.55. The van der Waals surface area contributed by atoms with Gasteiger partial charge in [0, 0.05) is 6.42 Å². The lowest BCUT2D eigenvalue weighted by Crippen LogP contribution is -2.36. The predicted octanol–water partition coefficient (Wildman–Crippen LogP) is 5.43. The summed E-state index contributed by atoms with van der Waals surface area (Å²) in [7, 11) is 0. The lowest BCUT2D eigenvalue weighted by Gasteiger charge is -2.27. The van der Waals surface area contributed by atoms with Crippen molar-refractivity contribution in [2.24, 2.45) is 5.10 Å². The van der Waals surface area contributed by atoms with Crippen molar-refractivity contribution in [3.63, 3.8) is 0 Å². The number of hydrogen-bond acceptors (Lipinski definition) is 5. The van der Waals surface area contributed by atoms with Crippen LogP contribution in [0.3, 0.4) is 0 Å². The molecule has 0 spiro atoms. The minimum absolute atomic E-state index is 0.0731. The molecule has 0 saturated heterocycles. The van der Waals surface area contributed by atoms with Gasteiger partial charge >= 0.3 is 12.1 Å². The van der Waals surface area contributed by atoms with Crippen molar-refractivity contribution in [1.82, 2.24) is 0 Å². The van der Waals surface area contributed by atoms with Crippen LogP contribution in [-0.4, -0.2) is 35.1 Å². The summed E-state index contributed by atoms with van der Waals surface area (Å²) < 4.78 is 52.6. The highest BCUT2D eigenvalue weighted by Gasteiger charge is 2.39. The predicted molar refractivity (Wildman–Crippen MR) is 116 cm³/mol. The number of ether oxygens (including phenoxy) is 2. The lowest BCUT2D eigenvalue weighted by atomic mass is 10.0. The van der Waals surface area contributed by atoms with Crippen LogP contribution in [0.5, 0.6) is 5.75 Å². The van der Waals surface area contributed by atoms with E-state index in [0.717, 1.165) is 24.5 Å². The average Bonchev–Trinajstić information content (AvgIpc) is 3.46. The summed E-state index contributed by atoms with van der Waals surface area (Å²) in [5.74, 6) is -0.474. The highest BCUT2D eigenvalue weighted by molar-refractivity contribution is 5.90. The van der Waals surface area contributed by atoms with Gasteiger partial charge in [0.1, 0.15) is 5.75 Å². The van der Waals surface area contributed by atoms with E-state index in [1.807, 2.05) is 24.3 Å². The molecule has 2 aromatic carbocycles. The van der Waals surface area contributed by atoms with Crippen LogP contribution in [-0.2, 0) is 15.7 Å².